The molecule has 1 aliphatic heterocycles. The van der Waals surface area contributed by atoms with Crippen molar-refractivity contribution < 1.29 is 9.13 Å². The zero-order valence-corrected chi connectivity index (χ0v) is 10.1. The second kappa shape index (κ2) is 6.06. The van der Waals surface area contributed by atoms with Crippen molar-refractivity contribution in [3.63, 3.8) is 0 Å². The lowest BCUT2D eigenvalue weighted by Crippen LogP contribution is -2.39. The third kappa shape index (κ3) is 2.86. The second-order valence-corrected chi connectivity index (χ2v) is 3.89. The minimum Gasteiger partial charge on any atom is -0.489 e. The van der Waals surface area contributed by atoms with E-state index in [2.05, 4.69) is 12.2 Å². The van der Waals surface area contributed by atoms with E-state index in [1.165, 1.54) is 6.07 Å². The van der Waals surface area contributed by atoms with Crippen molar-refractivity contribution in [2.75, 3.05) is 13.2 Å². The Hall–Kier alpha value is -0.800. The monoisotopic (exact) mass is 245 g/mol. The van der Waals surface area contributed by atoms with Gasteiger partial charge in [0.1, 0.15) is 6.61 Å². The molecule has 0 radical (unpaired) electrons. The van der Waals surface area contributed by atoms with E-state index in [9.17, 15) is 4.39 Å². The first-order valence-electron chi connectivity index (χ1n) is 5.45. The van der Waals surface area contributed by atoms with Gasteiger partial charge in [-0.05, 0) is 31.0 Å². The Balaban J connectivity index is 0.00000128. The largest absolute Gasteiger partial charge is 0.489 e. The van der Waals surface area contributed by atoms with Crippen LogP contribution in [0, 0.1) is 5.82 Å². The van der Waals surface area contributed by atoms with Gasteiger partial charge in [0, 0.05) is 6.04 Å². The number of rotatable bonds is 3. The number of hydrogen-bond donors (Lipinski definition) is 1. The van der Waals surface area contributed by atoms with E-state index in [-0.39, 0.29) is 18.2 Å². The average molecular weight is 246 g/mol. The zero-order chi connectivity index (χ0) is 10.7. The van der Waals surface area contributed by atoms with Crippen LogP contribution in [0.15, 0.2) is 18.2 Å². The summed E-state index contributed by atoms with van der Waals surface area (Å²) in [5.74, 6) is 0.188. The van der Waals surface area contributed by atoms with Gasteiger partial charge >= 0.3 is 0 Å². The lowest BCUT2D eigenvalue weighted by atomic mass is 10.0. The maximum absolute atomic E-state index is 13.3. The topological polar surface area (TPSA) is 21.3 Å². The zero-order valence-electron chi connectivity index (χ0n) is 9.33. The van der Waals surface area contributed by atoms with Gasteiger partial charge in [0.05, 0.1) is 0 Å². The number of para-hydroxylation sites is 1. The maximum atomic E-state index is 13.3. The van der Waals surface area contributed by atoms with Crippen molar-refractivity contribution in [1.82, 2.24) is 5.32 Å². The molecule has 2 rings (SSSR count). The lowest BCUT2D eigenvalue weighted by Gasteiger charge is -2.26. The third-order valence-corrected chi connectivity index (χ3v) is 2.63. The highest BCUT2D eigenvalue weighted by Crippen LogP contribution is 2.27. The van der Waals surface area contributed by atoms with Crippen LogP contribution in [0.5, 0.6) is 5.75 Å². The molecule has 0 amide bonds. The summed E-state index contributed by atoms with van der Waals surface area (Å²) in [4.78, 5) is 0. The molecule has 1 aromatic rings. The van der Waals surface area contributed by atoms with Gasteiger partial charge in [0.25, 0.3) is 0 Å². The molecule has 1 aliphatic rings. The van der Waals surface area contributed by atoms with E-state index in [4.69, 9.17) is 4.74 Å². The Kier molecular flexibility index (Phi) is 5.03. The van der Waals surface area contributed by atoms with E-state index in [1.54, 1.807) is 6.07 Å². The predicted octanol–water partition coefficient (Wildman–Crippen LogP) is 2.55. The van der Waals surface area contributed by atoms with E-state index < -0.39 is 0 Å². The fraction of sp³-hybridized carbons (Fsp3) is 0.500. The summed E-state index contributed by atoms with van der Waals surface area (Å²) in [6.07, 6.45) is 1.96. The summed E-state index contributed by atoms with van der Waals surface area (Å²) < 4.78 is 18.7. The Bertz CT molecular complexity index is 346. The smallest absolute Gasteiger partial charge is 0.165 e. The Labute approximate surface area is 102 Å². The van der Waals surface area contributed by atoms with E-state index >= 15 is 0 Å². The minimum absolute atomic E-state index is 0. The molecule has 0 fully saturated rings. The van der Waals surface area contributed by atoms with Crippen molar-refractivity contribution in [2.45, 2.75) is 25.8 Å². The van der Waals surface area contributed by atoms with Crippen LogP contribution in [-0.2, 0) is 6.42 Å². The van der Waals surface area contributed by atoms with Crippen molar-refractivity contribution >= 4 is 12.4 Å². The van der Waals surface area contributed by atoms with Gasteiger partial charge in [-0.3, -0.25) is 0 Å². The first-order chi connectivity index (χ1) is 7.31. The second-order valence-electron chi connectivity index (χ2n) is 3.89. The van der Waals surface area contributed by atoms with Crippen LogP contribution >= 0.6 is 12.4 Å². The number of hydrogen-bond acceptors (Lipinski definition) is 2. The highest BCUT2D eigenvalue weighted by atomic mass is 35.5. The minimum atomic E-state index is -0.249. The summed E-state index contributed by atoms with van der Waals surface area (Å²) in [5.41, 5.74) is 0.967. The van der Waals surface area contributed by atoms with Crippen molar-refractivity contribution in [3.8, 4) is 5.75 Å². The molecule has 0 bridgehead atoms. The Morgan fingerprint density at radius 1 is 1.50 bits per heavy atom. The van der Waals surface area contributed by atoms with Crippen LogP contribution in [0.3, 0.4) is 0 Å². The van der Waals surface area contributed by atoms with Gasteiger partial charge in [0.2, 0.25) is 0 Å². The summed E-state index contributed by atoms with van der Waals surface area (Å²) >= 11 is 0. The van der Waals surface area contributed by atoms with Crippen LogP contribution in [0.1, 0.15) is 18.9 Å². The molecule has 0 saturated heterocycles. The van der Waals surface area contributed by atoms with Gasteiger partial charge in [-0.2, -0.15) is 0 Å². The van der Waals surface area contributed by atoms with Crippen molar-refractivity contribution in [1.29, 1.82) is 0 Å². The van der Waals surface area contributed by atoms with E-state index in [1.807, 2.05) is 6.07 Å². The number of halogens is 2. The molecule has 16 heavy (non-hydrogen) atoms. The summed E-state index contributed by atoms with van der Waals surface area (Å²) in [6.45, 7) is 3.68. The number of ether oxygens (including phenoxy) is 1. The Morgan fingerprint density at radius 2 is 2.31 bits per heavy atom. The van der Waals surface area contributed by atoms with Gasteiger partial charge < -0.3 is 10.1 Å². The maximum Gasteiger partial charge on any atom is 0.165 e. The van der Waals surface area contributed by atoms with Crippen LogP contribution < -0.4 is 10.1 Å². The molecular weight excluding hydrogens is 229 g/mol. The number of nitrogens with one attached hydrogen (secondary N) is 1. The molecular formula is C12H17ClFNO. The van der Waals surface area contributed by atoms with Gasteiger partial charge in [0.15, 0.2) is 11.6 Å². The standard InChI is InChI=1S/C12H16FNO.ClH/c1-2-6-14-10-7-9-4-3-5-11(13)12(9)15-8-10;/h3-5,10,14H,2,6-8H2,1H3;1H. The molecule has 1 heterocycles. The molecule has 1 aromatic carbocycles. The van der Waals surface area contributed by atoms with Crippen LogP contribution in [0.2, 0.25) is 0 Å². The van der Waals surface area contributed by atoms with Crippen LogP contribution in [-0.4, -0.2) is 19.2 Å². The van der Waals surface area contributed by atoms with E-state index in [0.717, 1.165) is 24.9 Å². The highest BCUT2D eigenvalue weighted by molar-refractivity contribution is 5.85. The number of benzene rings is 1. The molecule has 0 spiro atoms. The molecule has 0 aromatic heterocycles. The molecule has 1 atom stereocenters. The molecule has 1 N–H and O–H groups in total. The molecule has 4 heteroatoms. The fourth-order valence-electron chi connectivity index (χ4n) is 1.86. The van der Waals surface area contributed by atoms with Crippen LogP contribution in [0.4, 0.5) is 4.39 Å². The van der Waals surface area contributed by atoms with Crippen LogP contribution in [0.25, 0.3) is 0 Å². The summed E-state index contributed by atoms with van der Waals surface area (Å²) in [7, 11) is 0. The lowest BCUT2D eigenvalue weighted by molar-refractivity contribution is 0.228. The van der Waals surface area contributed by atoms with E-state index in [0.29, 0.717) is 18.4 Å². The summed E-state index contributed by atoms with van der Waals surface area (Å²) in [6, 6.07) is 5.43. The fourth-order valence-corrected chi connectivity index (χ4v) is 1.86. The number of fused-ring (bicyclic) bond motifs is 1. The average Bonchev–Trinajstić information content (AvgIpc) is 2.26. The van der Waals surface area contributed by atoms with Crippen molar-refractivity contribution in [3.05, 3.63) is 29.6 Å². The third-order valence-electron chi connectivity index (χ3n) is 2.63. The molecule has 2 nitrogen and oxygen atoms in total. The molecule has 1 unspecified atom stereocenters. The quantitative estimate of drug-likeness (QED) is 0.884. The normalized spacial score (nSPS) is 18.2. The predicted molar refractivity (Wildman–Crippen MR) is 64.9 cm³/mol. The first-order valence-corrected chi connectivity index (χ1v) is 5.45. The SMILES string of the molecule is CCCNC1COc2c(F)cccc2C1.Cl. The van der Waals surface area contributed by atoms with Crippen molar-refractivity contribution in [2.24, 2.45) is 0 Å². The molecule has 0 aliphatic carbocycles. The van der Waals surface area contributed by atoms with Gasteiger partial charge in [-0.1, -0.05) is 19.1 Å². The summed E-state index contributed by atoms with van der Waals surface area (Å²) in [5, 5.41) is 3.38. The molecule has 0 saturated carbocycles. The first kappa shape index (κ1) is 13.3. The van der Waals surface area contributed by atoms with Gasteiger partial charge in [-0.15, -0.1) is 12.4 Å². The highest BCUT2D eigenvalue weighted by Gasteiger charge is 2.21. The van der Waals surface area contributed by atoms with Gasteiger partial charge in [-0.25, -0.2) is 4.39 Å². The Morgan fingerprint density at radius 3 is 3.06 bits per heavy atom. The molecule has 90 valence electrons.